The van der Waals surface area contributed by atoms with Crippen LogP contribution in [0.25, 0.3) is 0 Å². The van der Waals surface area contributed by atoms with E-state index in [2.05, 4.69) is 10.5 Å². The monoisotopic (exact) mass is 321 g/mol. The number of aromatic nitrogens is 1. The SMILES string of the molecule is Cc1cc(NC(=O)CN(CC2CCCO2)C(=O)C2CCC2)no1. The Balaban J connectivity index is 1.59. The highest BCUT2D eigenvalue weighted by Crippen LogP contribution is 2.28. The smallest absolute Gasteiger partial charge is 0.245 e. The van der Waals surface area contributed by atoms with E-state index < -0.39 is 0 Å². The van der Waals surface area contributed by atoms with E-state index in [0.717, 1.165) is 38.7 Å². The molecule has 1 unspecified atom stereocenters. The number of hydrogen-bond acceptors (Lipinski definition) is 5. The highest BCUT2D eigenvalue weighted by molar-refractivity contribution is 5.94. The topological polar surface area (TPSA) is 84.7 Å². The Hall–Kier alpha value is -1.89. The van der Waals surface area contributed by atoms with Gasteiger partial charge in [-0.25, -0.2) is 0 Å². The van der Waals surface area contributed by atoms with Gasteiger partial charge in [0.15, 0.2) is 5.82 Å². The fourth-order valence-electron chi connectivity index (χ4n) is 2.96. The first kappa shape index (κ1) is 16.0. The Morgan fingerprint density at radius 1 is 1.35 bits per heavy atom. The van der Waals surface area contributed by atoms with Crippen LogP contribution in [0.15, 0.2) is 10.6 Å². The Morgan fingerprint density at radius 3 is 2.74 bits per heavy atom. The van der Waals surface area contributed by atoms with Gasteiger partial charge in [0, 0.05) is 25.1 Å². The van der Waals surface area contributed by atoms with Crippen LogP contribution >= 0.6 is 0 Å². The maximum atomic E-state index is 12.6. The zero-order valence-electron chi connectivity index (χ0n) is 13.4. The lowest BCUT2D eigenvalue weighted by atomic mass is 9.84. The van der Waals surface area contributed by atoms with Gasteiger partial charge in [0.1, 0.15) is 12.3 Å². The molecule has 0 bridgehead atoms. The summed E-state index contributed by atoms with van der Waals surface area (Å²) in [4.78, 5) is 26.4. The molecule has 1 saturated carbocycles. The van der Waals surface area contributed by atoms with Gasteiger partial charge >= 0.3 is 0 Å². The van der Waals surface area contributed by atoms with Crippen LogP contribution in [0.1, 0.15) is 37.9 Å². The maximum absolute atomic E-state index is 12.6. The highest BCUT2D eigenvalue weighted by Gasteiger charge is 2.32. The average Bonchev–Trinajstić information content (AvgIpc) is 3.08. The zero-order chi connectivity index (χ0) is 16.2. The van der Waals surface area contributed by atoms with Gasteiger partial charge < -0.3 is 19.5 Å². The van der Waals surface area contributed by atoms with Gasteiger partial charge in [0.2, 0.25) is 11.8 Å². The summed E-state index contributed by atoms with van der Waals surface area (Å²) in [5, 5.41) is 6.41. The predicted molar refractivity (Wildman–Crippen MR) is 82.8 cm³/mol. The zero-order valence-corrected chi connectivity index (χ0v) is 13.4. The van der Waals surface area contributed by atoms with E-state index in [1.165, 1.54) is 0 Å². The molecule has 7 heteroatoms. The van der Waals surface area contributed by atoms with E-state index in [9.17, 15) is 9.59 Å². The number of ether oxygens (including phenoxy) is 1. The Labute approximate surface area is 135 Å². The third-order valence-corrected chi connectivity index (χ3v) is 4.44. The summed E-state index contributed by atoms with van der Waals surface area (Å²) in [6.07, 6.45) is 4.94. The van der Waals surface area contributed by atoms with E-state index in [4.69, 9.17) is 9.26 Å². The van der Waals surface area contributed by atoms with Gasteiger partial charge in [0.25, 0.3) is 0 Å². The molecular formula is C16H23N3O4. The lowest BCUT2D eigenvalue weighted by molar-refractivity contribution is -0.142. The molecule has 0 radical (unpaired) electrons. The molecule has 7 nitrogen and oxygen atoms in total. The summed E-state index contributed by atoms with van der Waals surface area (Å²) in [5.74, 6) is 0.878. The van der Waals surface area contributed by atoms with E-state index in [0.29, 0.717) is 18.1 Å². The number of carbonyl (C=O) groups excluding carboxylic acids is 2. The van der Waals surface area contributed by atoms with Crippen LogP contribution in [0.4, 0.5) is 5.82 Å². The van der Waals surface area contributed by atoms with Gasteiger partial charge in [-0.15, -0.1) is 0 Å². The Kier molecular flexibility index (Phi) is 4.95. The molecule has 1 atom stereocenters. The van der Waals surface area contributed by atoms with Gasteiger partial charge in [-0.2, -0.15) is 0 Å². The molecule has 3 rings (SSSR count). The number of hydrogen-bond donors (Lipinski definition) is 1. The molecule has 1 aromatic rings. The normalized spacial score (nSPS) is 21.0. The molecule has 2 heterocycles. The quantitative estimate of drug-likeness (QED) is 0.862. The molecule has 1 aliphatic heterocycles. The van der Waals surface area contributed by atoms with Crippen molar-refractivity contribution in [1.29, 1.82) is 0 Å². The average molecular weight is 321 g/mol. The molecule has 0 spiro atoms. The number of rotatable bonds is 6. The number of amides is 2. The minimum Gasteiger partial charge on any atom is -0.376 e. The lowest BCUT2D eigenvalue weighted by Gasteiger charge is -2.32. The van der Waals surface area contributed by atoms with Gasteiger partial charge in [0.05, 0.1) is 6.10 Å². The molecule has 1 saturated heterocycles. The van der Waals surface area contributed by atoms with Gasteiger partial charge in [-0.05, 0) is 32.6 Å². The number of nitrogens with zero attached hydrogens (tertiary/aromatic N) is 2. The van der Waals surface area contributed by atoms with Crippen LogP contribution in [-0.2, 0) is 14.3 Å². The molecule has 0 aromatic carbocycles. The first-order valence-electron chi connectivity index (χ1n) is 8.25. The van der Waals surface area contributed by atoms with Crippen molar-refractivity contribution in [2.45, 2.75) is 45.1 Å². The summed E-state index contributed by atoms with van der Waals surface area (Å²) in [6, 6.07) is 1.65. The van der Waals surface area contributed by atoms with E-state index in [-0.39, 0.29) is 30.4 Å². The third kappa shape index (κ3) is 4.10. The van der Waals surface area contributed by atoms with Crippen LogP contribution in [0.3, 0.4) is 0 Å². The summed E-state index contributed by atoms with van der Waals surface area (Å²) in [7, 11) is 0. The number of carbonyl (C=O) groups is 2. The molecular weight excluding hydrogens is 298 g/mol. The number of aryl methyl sites for hydroxylation is 1. The second-order valence-corrected chi connectivity index (χ2v) is 6.35. The van der Waals surface area contributed by atoms with Crippen LogP contribution in [0.5, 0.6) is 0 Å². The first-order chi connectivity index (χ1) is 11.1. The molecule has 1 aliphatic carbocycles. The maximum Gasteiger partial charge on any atom is 0.245 e. The van der Waals surface area contributed by atoms with Crippen LogP contribution < -0.4 is 5.32 Å². The van der Waals surface area contributed by atoms with Crippen molar-refractivity contribution in [1.82, 2.24) is 10.1 Å². The molecule has 2 amide bonds. The standard InChI is InChI=1S/C16H23N3O4/c1-11-8-14(18-23-11)17-15(20)10-19(9-13-6-3-7-22-13)16(21)12-4-2-5-12/h8,12-13H,2-7,9-10H2,1H3,(H,17,18,20). The van der Waals surface area contributed by atoms with Crippen molar-refractivity contribution in [3.8, 4) is 0 Å². The van der Waals surface area contributed by atoms with Crippen LogP contribution in [-0.4, -0.2) is 47.7 Å². The van der Waals surface area contributed by atoms with E-state index in [1.807, 2.05) is 0 Å². The number of anilines is 1. The highest BCUT2D eigenvalue weighted by atomic mass is 16.5. The Bertz CT molecular complexity index is 561. The summed E-state index contributed by atoms with van der Waals surface area (Å²) in [5.41, 5.74) is 0. The van der Waals surface area contributed by atoms with Crippen molar-refractivity contribution in [3.63, 3.8) is 0 Å². The minimum atomic E-state index is -0.260. The van der Waals surface area contributed by atoms with Crippen LogP contribution in [0, 0.1) is 12.8 Å². The van der Waals surface area contributed by atoms with Gasteiger partial charge in [-0.1, -0.05) is 11.6 Å². The summed E-state index contributed by atoms with van der Waals surface area (Å²) in [6.45, 7) is 3.01. The van der Waals surface area contributed by atoms with Crippen molar-refractivity contribution in [2.75, 3.05) is 25.0 Å². The van der Waals surface area contributed by atoms with Crippen LogP contribution in [0.2, 0.25) is 0 Å². The fraction of sp³-hybridized carbons (Fsp3) is 0.688. The second-order valence-electron chi connectivity index (χ2n) is 6.35. The predicted octanol–water partition coefficient (Wildman–Crippen LogP) is 1.73. The minimum absolute atomic E-state index is 0.0289. The van der Waals surface area contributed by atoms with Gasteiger partial charge in [-0.3, -0.25) is 9.59 Å². The van der Waals surface area contributed by atoms with Crippen molar-refractivity contribution in [2.24, 2.45) is 5.92 Å². The summed E-state index contributed by atoms with van der Waals surface area (Å²) < 4.78 is 10.5. The first-order valence-corrected chi connectivity index (χ1v) is 8.25. The molecule has 1 N–H and O–H groups in total. The van der Waals surface area contributed by atoms with Crippen molar-refractivity contribution >= 4 is 17.6 Å². The molecule has 2 fully saturated rings. The third-order valence-electron chi connectivity index (χ3n) is 4.44. The molecule has 126 valence electrons. The fourth-order valence-corrected chi connectivity index (χ4v) is 2.96. The summed E-state index contributed by atoms with van der Waals surface area (Å²) >= 11 is 0. The Morgan fingerprint density at radius 2 is 2.17 bits per heavy atom. The van der Waals surface area contributed by atoms with E-state index in [1.54, 1.807) is 17.9 Å². The second kappa shape index (κ2) is 7.12. The molecule has 23 heavy (non-hydrogen) atoms. The lowest BCUT2D eigenvalue weighted by Crippen LogP contribution is -2.46. The number of nitrogens with one attached hydrogen (secondary N) is 1. The largest absolute Gasteiger partial charge is 0.376 e. The van der Waals surface area contributed by atoms with E-state index >= 15 is 0 Å². The van der Waals surface area contributed by atoms with Crippen molar-refractivity contribution in [3.05, 3.63) is 11.8 Å². The molecule has 2 aliphatic rings. The van der Waals surface area contributed by atoms with Crippen molar-refractivity contribution < 1.29 is 18.8 Å². The molecule has 1 aromatic heterocycles.